The lowest BCUT2D eigenvalue weighted by molar-refractivity contribution is -0.132. The maximum absolute atomic E-state index is 12.4. The molecule has 3 atom stereocenters. The van der Waals surface area contributed by atoms with Crippen molar-refractivity contribution in [3.63, 3.8) is 0 Å². The minimum atomic E-state index is -0.314. The first-order valence-electron chi connectivity index (χ1n) is 7.03. The number of rotatable bonds is 5. The molecular formula is C14H25N3O2. The summed E-state index contributed by atoms with van der Waals surface area (Å²) in [7, 11) is 1.68. The Balaban J connectivity index is 2.12. The second-order valence-corrected chi connectivity index (χ2v) is 6.52. The van der Waals surface area contributed by atoms with E-state index in [1.165, 1.54) is 0 Å². The van der Waals surface area contributed by atoms with Gasteiger partial charge in [0.15, 0.2) is 5.96 Å². The van der Waals surface area contributed by atoms with E-state index in [4.69, 9.17) is 10.1 Å². The van der Waals surface area contributed by atoms with Crippen molar-refractivity contribution in [2.45, 2.75) is 51.6 Å². The maximum atomic E-state index is 12.4. The number of hydrogen-bond donors (Lipinski definition) is 2. The summed E-state index contributed by atoms with van der Waals surface area (Å²) in [5, 5.41) is 11.3. The number of nitrogens with one attached hydrogen (secondary N) is 2. The molecule has 1 unspecified atom stereocenters. The van der Waals surface area contributed by atoms with Gasteiger partial charge in [-0.05, 0) is 38.5 Å². The average molecular weight is 267 g/mol. The number of guanidine groups is 1. The number of ether oxygens (including phenoxy) is 1. The van der Waals surface area contributed by atoms with Crippen LogP contribution in [0.3, 0.4) is 0 Å². The van der Waals surface area contributed by atoms with E-state index in [1.54, 1.807) is 12.0 Å². The first-order chi connectivity index (χ1) is 8.85. The van der Waals surface area contributed by atoms with E-state index in [0.29, 0.717) is 24.9 Å². The molecule has 2 aliphatic rings. The summed E-state index contributed by atoms with van der Waals surface area (Å²) in [6.45, 7) is 6.76. The van der Waals surface area contributed by atoms with Crippen LogP contribution in [0.25, 0.3) is 0 Å². The number of methoxy groups -OCH3 is 1. The second kappa shape index (κ2) is 5.12. The first kappa shape index (κ1) is 14.3. The van der Waals surface area contributed by atoms with Crippen LogP contribution in [0.5, 0.6) is 0 Å². The first-order valence-corrected chi connectivity index (χ1v) is 7.03. The van der Waals surface area contributed by atoms with Gasteiger partial charge in [-0.1, -0.05) is 6.92 Å². The van der Waals surface area contributed by atoms with Crippen LogP contribution in [0.1, 0.15) is 40.0 Å². The van der Waals surface area contributed by atoms with Gasteiger partial charge < -0.3 is 10.1 Å². The highest BCUT2D eigenvalue weighted by Crippen LogP contribution is 2.44. The number of amides is 1. The van der Waals surface area contributed by atoms with Gasteiger partial charge in [0.25, 0.3) is 0 Å². The average Bonchev–Trinajstić information content (AvgIpc) is 2.97. The van der Waals surface area contributed by atoms with Gasteiger partial charge in [0.05, 0.1) is 0 Å². The van der Waals surface area contributed by atoms with Crippen LogP contribution >= 0.6 is 0 Å². The quantitative estimate of drug-likeness (QED) is 0.795. The lowest BCUT2D eigenvalue weighted by atomic mass is 9.95. The standard InChI is InChI=1S/C14H25N3O2/c1-9-7-10(9)11(5-6-19-4)17-12(18)8-14(2,3)16-13(17)15/h9-11H,5-8H2,1-4H3,(H2,15,16)/t9-,10-,11?/m1/s1. The molecule has 1 saturated carbocycles. The molecule has 1 amide bonds. The van der Waals surface area contributed by atoms with E-state index in [0.717, 1.165) is 12.8 Å². The van der Waals surface area contributed by atoms with Crippen LogP contribution in [-0.2, 0) is 9.53 Å². The molecule has 5 heteroatoms. The van der Waals surface area contributed by atoms with Crippen LogP contribution in [0.15, 0.2) is 0 Å². The lowest BCUT2D eigenvalue weighted by Crippen LogP contribution is -2.62. The summed E-state index contributed by atoms with van der Waals surface area (Å²) in [5.41, 5.74) is -0.314. The van der Waals surface area contributed by atoms with Crippen molar-refractivity contribution in [1.82, 2.24) is 10.2 Å². The van der Waals surface area contributed by atoms with Crippen molar-refractivity contribution in [2.24, 2.45) is 11.8 Å². The molecule has 1 heterocycles. The molecule has 0 bridgehead atoms. The Morgan fingerprint density at radius 2 is 2.21 bits per heavy atom. The number of nitrogens with zero attached hydrogens (tertiary/aromatic N) is 1. The third kappa shape index (κ3) is 3.08. The Morgan fingerprint density at radius 1 is 1.58 bits per heavy atom. The van der Waals surface area contributed by atoms with Crippen LogP contribution < -0.4 is 5.32 Å². The zero-order valence-corrected chi connectivity index (χ0v) is 12.3. The molecule has 0 radical (unpaired) electrons. The van der Waals surface area contributed by atoms with Crippen molar-refractivity contribution in [3.8, 4) is 0 Å². The fourth-order valence-corrected chi connectivity index (χ4v) is 3.02. The zero-order valence-electron chi connectivity index (χ0n) is 12.3. The van der Waals surface area contributed by atoms with E-state index >= 15 is 0 Å². The molecular weight excluding hydrogens is 242 g/mol. The summed E-state index contributed by atoms with van der Waals surface area (Å²) in [5.74, 6) is 1.48. The van der Waals surface area contributed by atoms with Crippen molar-refractivity contribution >= 4 is 11.9 Å². The molecule has 2 fully saturated rings. The van der Waals surface area contributed by atoms with Crippen LogP contribution in [0, 0.1) is 17.2 Å². The summed E-state index contributed by atoms with van der Waals surface area (Å²) in [4.78, 5) is 14.0. The molecule has 0 spiro atoms. The SMILES string of the molecule is COCCC([C@@H]1C[C@H]1C)N1C(=N)NC(C)(C)CC1=O. The van der Waals surface area contributed by atoms with Crippen LogP contribution in [0.4, 0.5) is 0 Å². The Labute approximate surface area is 115 Å². The number of carbonyl (C=O) groups is 1. The lowest BCUT2D eigenvalue weighted by Gasteiger charge is -2.42. The number of hydrogen-bond acceptors (Lipinski definition) is 3. The van der Waals surface area contributed by atoms with Gasteiger partial charge in [-0.3, -0.25) is 15.1 Å². The van der Waals surface area contributed by atoms with Crippen molar-refractivity contribution in [3.05, 3.63) is 0 Å². The smallest absolute Gasteiger partial charge is 0.231 e. The summed E-state index contributed by atoms with van der Waals surface area (Å²) in [6, 6.07) is 0.110. The molecule has 1 aliphatic carbocycles. The maximum Gasteiger partial charge on any atom is 0.231 e. The van der Waals surface area contributed by atoms with E-state index in [-0.39, 0.29) is 23.4 Å². The fourth-order valence-electron chi connectivity index (χ4n) is 3.02. The minimum absolute atomic E-state index is 0.0638. The molecule has 1 saturated heterocycles. The molecule has 0 aromatic heterocycles. The summed E-state index contributed by atoms with van der Waals surface area (Å²) >= 11 is 0. The third-order valence-corrected chi connectivity index (χ3v) is 4.17. The van der Waals surface area contributed by atoms with Crippen molar-refractivity contribution in [2.75, 3.05) is 13.7 Å². The summed E-state index contributed by atoms with van der Waals surface area (Å²) in [6.07, 6.45) is 2.40. The van der Waals surface area contributed by atoms with E-state index in [1.807, 2.05) is 13.8 Å². The fraction of sp³-hybridized carbons (Fsp3) is 0.857. The van der Waals surface area contributed by atoms with E-state index in [9.17, 15) is 4.79 Å². The molecule has 2 N–H and O–H groups in total. The van der Waals surface area contributed by atoms with Gasteiger partial charge in [0.2, 0.25) is 5.91 Å². The van der Waals surface area contributed by atoms with Crippen LogP contribution in [-0.4, -0.2) is 42.1 Å². The van der Waals surface area contributed by atoms with Gasteiger partial charge in [0.1, 0.15) is 0 Å². The molecule has 0 aromatic rings. The highest BCUT2D eigenvalue weighted by atomic mass is 16.5. The number of carbonyl (C=O) groups excluding carboxylic acids is 1. The predicted octanol–water partition coefficient (Wildman–Crippen LogP) is 1.58. The summed E-state index contributed by atoms with van der Waals surface area (Å²) < 4.78 is 5.16. The van der Waals surface area contributed by atoms with Crippen molar-refractivity contribution < 1.29 is 9.53 Å². The molecule has 1 aliphatic heterocycles. The van der Waals surface area contributed by atoms with Crippen LogP contribution in [0.2, 0.25) is 0 Å². The zero-order chi connectivity index (χ0) is 14.2. The van der Waals surface area contributed by atoms with Gasteiger partial charge in [-0.15, -0.1) is 0 Å². The largest absolute Gasteiger partial charge is 0.385 e. The highest BCUT2D eigenvalue weighted by molar-refractivity contribution is 5.99. The van der Waals surface area contributed by atoms with Gasteiger partial charge in [0, 0.05) is 31.7 Å². The molecule has 19 heavy (non-hydrogen) atoms. The topological polar surface area (TPSA) is 65.4 Å². The minimum Gasteiger partial charge on any atom is -0.385 e. The van der Waals surface area contributed by atoms with Gasteiger partial charge >= 0.3 is 0 Å². The molecule has 2 rings (SSSR count). The second-order valence-electron chi connectivity index (χ2n) is 6.52. The monoisotopic (exact) mass is 267 g/mol. The molecule has 108 valence electrons. The Kier molecular flexibility index (Phi) is 3.85. The van der Waals surface area contributed by atoms with Gasteiger partial charge in [-0.2, -0.15) is 0 Å². The molecule has 5 nitrogen and oxygen atoms in total. The van der Waals surface area contributed by atoms with E-state index < -0.39 is 0 Å². The predicted molar refractivity (Wildman–Crippen MR) is 74.0 cm³/mol. The normalized spacial score (nSPS) is 31.1. The Bertz CT molecular complexity index is 361. The highest BCUT2D eigenvalue weighted by Gasteiger charge is 2.47. The Morgan fingerprint density at radius 3 is 2.68 bits per heavy atom. The van der Waals surface area contributed by atoms with Crippen molar-refractivity contribution in [1.29, 1.82) is 5.41 Å². The van der Waals surface area contributed by atoms with Gasteiger partial charge in [-0.25, -0.2) is 0 Å². The third-order valence-electron chi connectivity index (χ3n) is 4.17. The molecule has 0 aromatic carbocycles. The Hall–Kier alpha value is -1.10. The van der Waals surface area contributed by atoms with E-state index in [2.05, 4.69) is 12.2 Å².